The quantitative estimate of drug-likeness (QED) is 0.724. The van der Waals surface area contributed by atoms with E-state index in [1.165, 1.54) is 57.9 Å². The summed E-state index contributed by atoms with van der Waals surface area (Å²) < 4.78 is 0. The summed E-state index contributed by atoms with van der Waals surface area (Å²) in [6.07, 6.45) is 11.9. The van der Waals surface area contributed by atoms with Crippen LogP contribution in [0.4, 0.5) is 0 Å². The molecule has 0 amide bonds. The van der Waals surface area contributed by atoms with Crippen molar-refractivity contribution in [2.24, 2.45) is 29.6 Å². The molecule has 2 aliphatic rings. The van der Waals surface area contributed by atoms with Crippen LogP contribution in [0.2, 0.25) is 0 Å². The van der Waals surface area contributed by atoms with Gasteiger partial charge in [-0.25, -0.2) is 0 Å². The third-order valence-electron chi connectivity index (χ3n) is 6.10. The number of hydrogen-bond donors (Lipinski definition) is 1. The number of nitrogens with one attached hydrogen (secondary N) is 1. The van der Waals surface area contributed by atoms with Crippen LogP contribution in [0.1, 0.15) is 79.1 Å². The van der Waals surface area contributed by atoms with Crippen LogP contribution in [0.25, 0.3) is 0 Å². The molecule has 1 nitrogen and oxygen atoms in total. The van der Waals surface area contributed by atoms with Crippen molar-refractivity contribution in [2.75, 3.05) is 6.54 Å². The minimum absolute atomic E-state index is 0.643. The summed E-state index contributed by atoms with van der Waals surface area (Å²) >= 11 is 0. The normalized spacial score (nSPS) is 39.1. The van der Waals surface area contributed by atoms with E-state index in [-0.39, 0.29) is 0 Å². The maximum absolute atomic E-state index is 3.73. The van der Waals surface area contributed by atoms with E-state index in [9.17, 15) is 0 Å². The van der Waals surface area contributed by atoms with Gasteiger partial charge in [-0.1, -0.05) is 59.8 Å². The fourth-order valence-corrected chi connectivity index (χ4v) is 4.82. The summed E-state index contributed by atoms with van der Waals surface area (Å²) in [5.41, 5.74) is 0. The largest absolute Gasteiger partial charge is 0.314 e. The third kappa shape index (κ3) is 4.48. The highest BCUT2D eigenvalue weighted by Gasteiger charge is 2.36. The Kier molecular flexibility index (Phi) is 6.39. The molecule has 0 bridgehead atoms. The van der Waals surface area contributed by atoms with Gasteiger partial charge >= 0.3 is 0 Å². The van der Waals surface area contributed by atoms with Crippen molar-refractivity contribution in [1.29, 1.82) is 0 Å². The zero-order valence-corrected chi connectivity index (χ0v) is 14.3. The molecule has 0 radical (unpaired) electrons. The lowest BCUT2D eigenvalue weighted by atomic mass is 9.63. The molecule has 0 saturated heterocycles. The van der Waals surface area contributed by atoms with Crippen LogP contribution in [0.5, 0.6) is 0 Å². The zero-order chi connectivity index (χ0) is 14.5. The van der Waals surface area contributed by atoms with E-state index in [1.807, 2.05) is 0 Å². The average Bonchev–Trinajstić information content (AvgIpc) is 2.45. The molecule has 5 unspecified atom stereocenters. The first kappa shape index (κ1) is 16.3. The van der Waals surface area contributed by atoms with E-state index in [2.05, 4.69) is 33.0 Å². The van der Waals surface area contributed by atoms with Crippen molar-refractivity contribution in [1.82, 2.24) is 5.32 Å². The molecule has 0 aromatic carbocycles. The van der Waals surface area contributed by atoms with Gasteiger partial charge in [-0.15, -0.1) is 0 Å². The molecule has 0 aromatic heterocycles. The summed E-state index contributed by atoms with van der Waals surface area (Å²) in [5.74, 6) is 5.01. The van der Waals surface area contributed by atoms with E-state index in [0.29, 0.717) is 6.04 Å². The van der Waals surface area contributed by atoms with Crippen molar-refractivity contribution >= 4 is 0 Å². The van der Waals surface area contributed by atoms with Crippen molar-refractivity contribution in [2.45, 2.75) is 85.1 Å². The molecule has 20 heavy (non-hydrogen) atoms. The molecule has 0 spiro atoms. The molecular formula is C19H37N. The van der Waals surface area contributed by atoms with Crippen LogP contribution < -0.4 is 5.32 Å². The Labute approximate surface area is 127 Å². The van der Waals surface area contributed by atoms with Gasteiger partial charge in [-0.05, 0) is 55.4 Å². The Morgan fingerprint density at radius 2 is 1.85 bits per heavy atom. The van der Waals surface area contributed by atoms with Gasteiger partial charge in [-0.2, -0.15) is 0 Å². The van der Waals surface area contributed by atoms with Crippen LogP contribution in [-0.2, 0) is 0 Å². The molecule has 0 heterocycles. The lowest BCUT2D eigenvalue weighted by molar-refractivity contribution is 0.0798. The standard InChI is InChI=1S/C19H37N/c1-5-16-9-10-18(13-20-14(2)3)19(12-16)17-8-6-7-15(4)11-17/h14-20H,5-13H2,1-4H3. The van der Waals surface area contributed by atoms with E-state index in [0.717, 1.165) is 29.6 Å². The molecule has 0 aromatic rings. The maximum atomic E-state index is 3.73. The van der Waals surface area contributed by atoms with Crippen molar-refractivity contribution in [3.05, 3.63) is 0 Å². The fourth-order valence-electron chi connectivity index (χ4n) is 4.82. The van der Waals surface area contributed by atoms with Crippen LogP contribution in [0.3, 0.4) is 0 Å². The Morgan fingerprint density at radius 3 is 2.50 bits per heavy atom. The SMILES string of the molecule is CCC1CCC(CNC(C)C)C(C2CCCC(C)C2)C1. The van der Waals surface area contributed by atoms with E-state index in [4.69, 9.17) is 0 Å². The van der Waals surface area contributed by atoms with Crippen molar-refractivity contribution in [3.63, 3.8) is 0 Å². The van der Waals surface area contributed by atoms with Crippen LogP contribution in [0.15, 0.2) is 0 Å². The number of hydrogen-bond acceptors (Lipinski definition) is 1. The van der Waals surface area contributed by atoms with E-state index in [1.54, 1.807) is 0 Å². The predicted molar refractivity (Wildman–Crippen MR) is 88.9 cm³/mol. The second kappa shape index (κ2) is 7.82. The predicted octanol–water partition coefficient (Wildman–Crippen LogP) is 5.25. The van der Waals surface area contributed by atoms with Gasteiger partial charge in [0.1, 0.15) is 0 Å². The van der Waals surface area contributed by atoms with Crippen LogP contribution in [-0.4, -0.2) is 12.6 Å². The van der Waals surface area contributed by atoms with Crippen LogP contribution >= 0.6 is 0 Å². The Balaban J connectivity index is 1.97. The average molecular weight is 280 g/mol. The Hall–Kier alpha value is -0.0400. The molecule has 0 aliphatic heterocycles. The topological polar surface area (TPSA) is 12.0 Å². The first-order valence-corrected chi connectivity index (χ1v) is 9.33. The minimum atomic E-state index is 0.643. The molecule has 5 atom stereocenters. The maximum Gasteiger partial charge on any atom is 0.00104 e. The molecule has 2 saturated carbocycles. The first-order chi connectivity index (χ1) is 9.60. The number of rotatable bonds is 5. The van der Waals surface area contributed by atoms with Crippen molar-refractivity contribution in [3.8, 4) is 0 Å². The van der Waals surface area contributed by atoms with Gasteiger partial charge in [0.2, 0.25) is 0 Å². The molecule has 2 rings (SSSR count). The highest BCUT2D eigenvalue weighted by Crippen LogP contribution is 2.45. The summed E-state index contributed by atoms with van der Waals surface area (Å²) in [6.45, 7) is 10.7. The molecule has 1 heteroatoms. The summed E-state index contributed by atoms with van der Waals surface area (Å²) in [4.78, 5) is 0. The molecule has 2 fully saturated rings. The second-order valence-electron chi connectivity index (χ2n) is 8.11. The van der Waals surface area contributed by atoms with Gasteiger partial charge in [0.25, 0.3) is 0 Å². The van der Waals surface area contributed by atoms with Gasteiger partial charge in [0, 0.05) is 6.04 Å². The summed E-state index contributed by atoms with van der Waals surface area (Å²) in [7, 11) is 0. The lowest BCUT2D eigenvalue weighted by Crippen LogP contribution is -2.39. The van der Waals surface area contributed by atoms with E-state index >= 15 is 0 Å². The van der Waals surface area contributed by atoms with Gasteiger partial charge in [0.05, 0.1) is 0 Å². The summed E-state index contributed by atoms with van der Waals surface area (Å²) in [5, 5.41) is 3.73. The van der Waals surface area contributed by atoms with Gasteiger partial charge < -0.3 is 5.32 Å². The second-order valence-corrected chi connectivity index (χ2v) is 8.11. The van der Waals surface area contributed by atoms with E-state index < -0.39 is 0 Å². The lowest BCUT2D eigenvalue weighted by Gasteiger charge is -2.43. The smallest absolute Gasteiger partial charge is 0.00104 e. The monoisotopic (exact) mass is 279 g/mol. The molecule has 2 aliphatic carbocycles. The fraction of sp³-hybridized carbons (Fsp3) is 1.00. The Morgan fingerprint density at radius 1 is 1.05 bits per heavy atom. The third-order valence-corrected chi connectivity index (χ3v) is 6.10. The minimum Gasteiger partial charge on any atom is -0.314 e. The Bertz CT molecular complexity index is 273. The molecule has 118 valence electrons. The van der Waals surface area contributed by atoms with Crippen LogP contribution in [0, 0.1) is 29.6 Å². The molecule has 1 N–H and O–H groups in total. The van der Waals surface area contributed by atoms with Gasteiger partial charge in [-0.3, -0.25) is 0 Å². The van der Waals surface area contributed by atoms with Crippen molar-refractivity contribution < 1.29 is 0 Å². The first-order valence-electron chi connectivity index (χ1n) is 9.33. The zero-order valence-electron chi connectivity index (χ0n) is 14.3. The van der Waals surface area contributed by atoms with Gasteiger partial charge in [0.15, 0.2) is 0 Å². The summed E-state index contributed by atoms with van der Waals surface area (Å²) in [6, 6.07) is 0.643. The highest BCUT2D eigenvalue weighted by molar-refractivity contribution is 4.87. The molecular weight excluding hydrogens is 242 g/mol. The highest BCUT2D eigenvalue weighted by atomic mass is 14.9.